The zero-order chi connectivity index (χ0) is 25.1. The first kappa shape index (κ1) is 27.1. The van der Waals surface area contributed by atoms with Gasteiger partial charge < -0.3 is 24.3 Å². The van der Waals surface area contributed by atoms with E-state index in [0.717, 1.165) is 0 Å². The molecule has 0 saturated heterocycles. The molecule has 0 aromatic heterocycles. The number of rotatable bonds is 16. The van der Waals surface area contributed by atoms with Crippen LogP contribution in [0.1, 0.15) is 52.4 Å². The number of amides is 1. The van der Waals surface area contributed by atoms with Crippen LogP contribution >= 0.6 is 0 Å². The normalized spacial score (nSPS) is 15.8. The zero-order valence-electron chi connectivity index (χ0n) is 19.4. The summed E-state index contributed by atoms with van der Waals surface area (Å²) in [7, 11) is 0. The molecule has 0 saturated carbocycles. The van der Waals surface area contributed by atoms with Gasteiger partial charge in [0.25, 0.3) is 0 Å². The van der Waals surface area contributed by atoms with Crippen molar-refractivity contribution in [3.05, 3.63) is 22.3 Å². The molecule has 0 aromatic rings. The number of hydrogen-bond donors (Lipinski definition) is 1. The van der Waals surface area contributed by atoms with Gasteiger partial charge in [0.05, 0.1) is 19.8 Å². The summed E-state index contributed by atoms with van der Waals surface area (Å²) >= 11 is 0. The topological polar surface area (TPSA) is 151 Å². The minimum absolute atomic E-state index is 0.0223. The fraction of sp³-hybridized carbons (Fsp3) is 0.565. The Morgan fingerprint density at radius 1 is 0.706 bits per heavy atom. The summed E-state index contributed by atoms with van der Waals surface area (Å²) in [5, 5.41) is 2.66. The molecule has 0 radical (unpaired) electrons. The van der Waals surface area contributed by atoms with Crippen molar-refractivity contribution < 1.29 is 47.7 Å². The third-order valence-corrected chi connectivity index (χ3v) is 5.32. The Labute approximate surface area is 196 Å². The molecule has 0 bridgehead atoms. The minimum atomic E-state index is -0.691. The molecule has 186 valence electrons. The largest absolute Gasteiger partial charge is 0.386 e. The van der Waals surface area contributed by atoms with E-state index >= 15 is 0 Å². The van der Waals surface area contributed by atoms with E-state index in [1.54, 1.807) is 0 Å². The van der Waals surface area contributed by atoms with E-state index in [1.807, 2.05) is 0 Å². The second kappa shape index (κ2) is 13.5. The van der Waals surface area contributed by atoms with Crippen molar-refractivity contribution in [1.82, 2.24) is 5.32 Å². The molecule has 0 unspecified atom stereocenters. The number of hydrogen-bond acceptors (Lipinski definition) is 10. The van der Waals surface area contributed by atoms with Gasteiger partial charge in [-0.2, -0.15) is 0 Å². The van der Waals surface area contributed by atoms with Crippen molar-refractivity contribution in [2.45, 2.75) is 52.4 Å². The molecule has 2 aliphatic heterocycles. The second-order valence-corrected chi connectivity index (χ2v) is 7.78. The summed E-state index contributed by atoms with van der Waals surface area (Å²) in [5.74, 6) is -2.96. The van der Waals surface area contributed by atoms with Crippen molar-refractivity contribution in [1.29, 1.82) is 0 Å². The van der Waals surface area contributed by atoms with Crippen molar-refractivity contribution in [3.8, 4) is 0 Å². The number of ether oxygens (including phenoxy) is 4. The van der Waals surface area contributed by atoms with Crippen molar-refractivity contribution in [2.24, 2.45) is 0 Å². The Morgan fingerprint density at radius 3 is 1.76 bits per heavy atom. The van der Waals surface area contributed by atoms with Gasteiger partial charge in [-0.25, -0.2) is 19.2 Å². The number of carbonyl (C=O) groups excluding carboxylic acids is 6. The average molecular weight is 479 g/mol. The smallest absolute Gasteiger partial charge is 0.342 e. The molecule has 0 aliphatic carbocycles. The Hall–Kier alpha value is -3.18. The highest BCUT2D eigenvalue weighted by Gasteiger charge is 2.30. The van der Waals surface area contributed by atoms with E-state index in [4.69, 9.17) is 9.47 Å². The van der Waals surface area contributed by atoms with Crippen LogP contribution in [-0.4, -0.2) is 68.5 Å². The van der Waals surface area contributed by atoms with Crippen molar-refractivity contribution in [3.63, 3.8) is 0 Å². The lowest BCUT2D eigenvalue weighted by molar-refractivity contribution is -0.152. The maximum absolute atomic E-state index is 11.9. The Bertz CT molecular complexity index is 841. The lowest BCUT2D eigenvalue weighted by atomic mass is 10.0. The maximum atomic E-state index is 11.9. The SMILES string of the molecule is CC1=C(CCC(=O)CCCOCCOCCNC(=O)CCC2=C(C)C(=O)OC2=O)C(=O)OC1=O. The van der Waals surface area contributed by atoms with Crippen LogP contribution in [0.15, 0.2) is 22.3 Å². The number of ketones is 1. The van der Waals surface area contributed by atoms with Gasteiger partial charge in [-0.3, -0.25) is 9.59 Å². The maximum Gasteiger partial charge on any atom is 0.342 e. The number of esters is 4. The Kier molecular flexibility index (Phi) is 10.8. The highest BCUT2D eigenvalue weighted by atomic mass is 16.6. The van der Waals surface area contributed by atoms with Crippen LogP contribution in [0.25, 0.3) is 0 Å². The highest BCUT2D eigenvalue weighted by Crippen LogP contribution is 2.22. The van der Waals surface area contributed by atoms with Crippen LogP contribution in [0.4, 0.5) is 0 Å². The molecule has 0 atom stereocenters. The van der Waals surface area contributed by atoms with Crippen LogP contribution in [0, 0.1) is 0 Å². The summed E-state index contributed by atoms with van der Waals surface area (Å²) in [4.78, 5) is 69.2. The number of carbonyl (C=O) groups is 6. The third kappa shape index (κ3) is 8.31. The number of cyclic esters (lactones) is 4. The fourth-order valence-electron chi connectivity index (χ4n) is 3.25. The molecular formula is C23H29NO10. The summed E-state index contributed by atoms with van der Waals surface area (Å²) in [6, 6.07) is 0. The Balaban J connectivity index is 1.41. The van der Waals surface area contributed by atoms with Crippen LogP contribution in [0.3, 0.4) is 0 Å². The van der Waals surface area contributed by atoms with Crippen molar-refractivity contribution in [2.75, 3.05) is 33.0 Å². The van der Waals surface area contributed by atoms with E-state index in [2.05, 4.69) is 14.8 Å². The molecule has 1 amide bonds. The molecule has 0 aromatic carbocycles. The van der Waals surface area contributed by atoms with Crippen LogP contribution < -0.4 is 5.32 Å². The fourth-order valence-corrected chi connectivity index (χ4v) is 3.25. The quantitative estimate of drug-likeness (QED) is 0.192. The first-order valence-electron chi connectivity index (χ1n) is 11.1. The molecule has 11 heteroatoms. The van der Waals surface area contributed by atoms with E-state index in [-0.39, 0.29) is 66.3 Å². The lowest BCUT2D eigenvalue weighted by Crippen LogP contribution is -2.27. The van der Waals surface area contributed by atoms with E-state index in [9.17, 15) is 28.8 Å². The van der Waals surface area contributed by atoms with Gasteiger partial charge in [-0.1, -0.05) is 0 Å². The predicted octanol–water partition coefficient (Wildman–Crippen LogP) is 0.845. The lowest BCUT2D eigenvalue weighted by Gasteiger charge is -2.07. The summed E-state index contributed by atoms with van der Waals surface area (Å²) in [6.45, 7) is 4.64. The average Bonchev–Trinajstić information content (AvgIpc) is 3.18. The standard InChI is InChI=1S/C23H29NO10/c1-14-17(22(29)33-20(14)27)6-5-16(25)4-3-10-31-12-13-32-11-9-24-19(26)8-7-18-15(2)21(28)34-23(18)30/h3-13H2,1-2H3,(H,24,26). The molecule has 11 nitrogen and oxygen atoms in total. The van der Waals surface area contributed by atoms with Gasteiger partial charge in [-0.15, -0.1) is 0 Å². The first-order chi connectivity index (χ1) is 16.2. The zero-order valence-corrected chi connectivity index (χ0v) is 19.4. The van der Waals surface area contributed by atoms with Crippen LogP contribution in [0.2, 0.25) is 0 Å². The summed E-state index contributed by atoms with van der Waals surface area (Å²) in [6.07, 6.45) is 1.42. The van der Waals surface area contributed by atoms with Gasteiger partial charge in [0.2, 0.25) is 5.91 Å². The first-order valence-corrected chi connectivity index (χ1v) is 11.1. The molecule has 34 heavy (non-hydrogen) atoms. The van der Waals surface area contributed by atoms with Gasteiger partial charge >= 0.3 is 23.9 Å². The van der Waals surface area contributed by atoms with E-state index in [1.165, 1.54) is 13.8 Å². The van der Waals surface area contributed by atoms with Gasteiger partial charge in [-0.05, 0) is 33.1 Å². The summed E-state index contributed by atoms with van der Waals surface area (Å²) in [5.41, 5.74) is 1.01. The molecule has 2 rings (SSSR count). The van der Waals surface area contributed by atoms with Gasteiger partial charge in [0, 0.05) is 54.7 Å². The Morgan fingerprint density at radius 2 is 1.24 bits per heavy atom. The predicted molar refractivity (Wildman–Crippen MR) is 115 cm³/mol. The van der Waals surface area contributed by atoms with Crippen LogP contribution in [-0.2, 0) is 47.7 Å². The van der Waals surface area contributed by atoms with E-state index in [0.29, 0.717) is 39.2 Å². The minimum Gasteiger partial charge on any atom is -0.386 e. The number of Topliss-reactive ketones (excluding diaryl/α,β-unsaturated/α-hetero) is 1. The molecular weight excluding hydrogens is 450 g/mol. The molecule has 2 aliphatic rings. The highest BCUT2D eigenvalue weighted by molar-refractivity contribution is 6.12. The molecule has 0 spiro atoms. The summed E-state index contributed by atoms with van der Waals surface area (Å²) < 4.78 is 19.7. The third-order valence-electron chi connectivity index (χ3n) is 5.32. The number of nitrogens with one attached hydrogen (secondary N) is 1. The monoisotopic (exact) mass is 479 g/mol. The van der Waals surface area contributed by atoms with Crippen LogP contribution in [0.5, 0.6) is 0 Å². The molecule has 2 heterocycles. The second-order valence-electron chi connectivity index (χ2n) is 7.78. The van der Waals surface area contributed by atoms with Gasteiger partial charge in [0.1, 0.15) is 5.78 Å². The van der Waals surface area contributed by atoms with Gasteiger partial charge in [0.15, 0.2) is 0 Å². The van der Waals surface area contributed by atoms with E-state index < -0.39 is 23.9 Å². The van der Waals surface area contributed by atoms with Crippen molar-refractivity contribution >= 4 is 35.6 Å². The molecule has 0 fully saturated rings. The molecule has 1 N–H and O–H groups in total.